The van der Waals surface area contributed by atoms with E-state index in [4.69, 9.17) is 9.84 Å². The van der Waals surface area contributed by atoms with Gasteiger partial charge in [0.1, 0.15) is 11.5 Å². The second-order valence-electron chi connectivity index (χ2n) is 4.94. The van der Waals surface area contributed by atoms with E-state index in [2.05, 4.69) is 5.32 Å². The maximum Gasteiger partial charge on any atom is 0.251 e. The monoisotopic (exact) mass is 285 g/mol. The molecule has 4 heteroatoms. The molecule has 2 aromatic carbocycles. The summed E-state index contributed by atoms with van der Waals surface area (Å²) in [6, 6.07) is 16.4. The molecule has 0 aliphatic heterocycles. The number of carbonyl (C=O) groups excluding carboxylic acids is 1. The van der Waals surface area contributed by atoms with Gasteiger partial charge in [0.25, 0.3) is 5.91 Å². The molecule has 0 spiro atoms. The lowest BCUT2D eigenvalue weighted by atomic mass is 10.1. The summed E-state index contributed by atoms with van der Waals surface area (Å²) in [4.78, 5) is 12.0. The molecule has 4 nitrogen and oxygen atoms in total. The molecule has 2 rings (SSSR count). The van der Waals surface area contributed by atoms with Gasteiger partial charge in [-0.3, -0.25) is 4.79 Å². The fourth-order valence-electron chi connectivity index (χ4n) is 1.76. The zero-order valence-electron chi connectivity index (χ0n) is 12.0. The number of carbonyl (C=O) groups is 1. The minimum Gasteiger partial charge on any atom is -0.457 e. The highest BCUT2D eigenvalue weighted by Crippen LogP contribution is 2.21. The van der Waals surface area contributed by atoms with Crippen molar-refractivity contribution in [2.75, 3.05) is 13.2 Å². The normalized spacial score (nSPS) is 11.7. The number of hydrogen-bond acceptors (Lipinski definition) is 3. The summed E-state index contributed by atoms with van der Waals surface area (Å²) in [7, 11) is 0. The van der Waals surface area contributed by atoms with Crippen LogP contribution in [-0.2, 0) is 0 Å². The Bertz CT molecular complexity index is 584. The van der Waals surface area contributed by atoms with Crippen LogP contribution in [0.2, 0.25) is 0 Å². The van der Waals surface area contributed by atoms with Crippen molar-refractivity contribution in [2.24, 2.45) is 5.92 Å². The van der Waals surface area contributed by atoms with Crippen LogP contribution >= 0.6 is 0 Å². The van der Waals surface area contributed by atoms with Crippen molar-refractivity contribution in [1.29, 1.82) is 0 Å². The number of ether oxygens (including phenoxy) is 1. The molecule has 1 amide bonds. The summed E-state index contributed by atoms with van der Waals surface area (Å²) in [6.07, 6.45) is 0. The Morgan fingerprint density at radius 1 is 1.14 bits per heavy atom. The summed E-state index contributed by atoms with van der Waals surface area (Å²) in [5, 5.41) is 11.7. The van der Waals surface area contributed by atoms with Crippen LogP contribution in [-0.4, -0.2) is 24.2 Å². The zero-order chi connectivity index (χ0) is 15.1. The first-order chi connectivity index (χ1) is 10.2. The molecule has 1 unspecified atom stereocenters. The molecule has 2 N–H and O–H groups in total. The Morgan fingerprint density at radius 2 is 1.86 bits per heavy atom. The number of benzene rings is 2. The van der Waals surface area contributed by atoms with E-state index >= 15 is 0 Å². The zero-order valence-corrected chi connectivity index (χ0v) is 12.0. The summed E-state index contributed by atoms with van der Waals surface area (Å²) >= 11 is 0. The molecule has 110 valence electrons. The summed E-state index contributed by atoms with van der Waals surface area (Å²) in [5.41, 5.74) is 0.536. The van der Waals surface area contributed by atoms with Gasteiger partial charge in [-0.05, 0) is 36.2 Å². The van der Waals surface area contributed by atoms with Crippen molar-refractivity contribution in [3.05, 3.63) is 60.2 Å². The van der Waals surface area contributed by atoms with E-state index in [9.17, 15) is 4.79 Å². The predicted octanol–water partition coefficient (Wildman–Crippen LogP) is 2.84. The Morgan fingerprint density at radius 3 is 2.57 bits per heavy atom. The van der Waals surface area contributed by atoms with Gasteiger partial charge >= 0.3 is 0 Å². The highest BCUT2D eigenvalue weighted by molar-refractivity contribution is 5.94. The lowest BCUT2D eigenvalue weighted by Gasteiger charge is -2.11. The molecule has 0 radical (unpaired) electrons. The second-order valence-corrected chi connectivity index (χ2v) is 4.94. The van der Waals surface area contributed by atoms with Gasteiger partial charge in [-0.1, -0.05) is 31.2 Å². The quantitative estimate of drug-likeness (QED) is 0.858. The highest BCUT2D eigenvalue weighted by Gasteiger charge is 2.08. The number of amides is 1. The van der Waals surface area contributed by atoms with Gasteiger partial charge in [-0.2, -0.15) is 0 Å². The third kappa shape index (κ3) is 4.61. The van der Waals surface area contributed by atoms with E-state index in [1.54, 1.807) is 24.3 Å². The first-order valence-corrected chi connectivity index (χ1v) is 6.91. The molecule has 0 saturated carbocycles. The number of para-hydroxylation sites is 1. The average molecular weight is 285 g/mol. The largest absolute Gasteiger partial charge is 0.457 e. The van der Waals surface area contributed by atoms with Crippen LogP contribution in [0.25, 0.3) is 0 Å². The number of rotatable bonds is 6. The van der Waals surface area contributed by atoms with Gasteiger partial charge in [0, 0.05) is 18.7 Å². The van der Waals surface area contributed by atoms with E-state index in [0.717, 1.165) is 5.75 Å². The molecule has 1 atom stereocenters. The molecular formula is C17H19NO3. The number of aliphatic hydroxyl groups excluding tert-OH is 1. The topological polar surface area (TPSA) is 58.6 Å². The van der Waals surface area contributed by atoms with E-state index < -0.39 is 0 Å². The van der Waals surface area contributed by atoms with Crippen LogP contribution in [0, 0.1) is 5.92 Å². The lowest BCUT2D eigenvalue weighted by Crippen LogP contribution is -2.29. The smallest absolute Gasteiger partial charge is 0.251 e. The van der Waals surface area contributed by atoms with Crippen molar-refractivity contribution in [3.63, 3.8) is 0 Å². The Labute approximate surface area is 124 Å². The van der Waals surface area contributed by atoms with Gasteiger partial charge in [-0.15, -0.1) is 0 Å². The van der Waals surface area contributed by atoms with Crippen LogP contribution in [0.3, 0.4) is 0 Å². The second kappa shape index (κ2) is 7.45. The molecule has 0 saturated heterocycles. The summed E-state index contributed by atoms with van der Waals surface area (Å²) in [5.74, 6) is 1.21. The van der Waals surface area contributed by atoms with E-state index in [-0.39, 0.29) is 18.4 Å². The van der Waals surface area contributed by atoms with E-state index in [0.29, 0.717) is 17.9 Å². The van der Waals surface area contributed by atoms with Gasteiger partial charge in [0.2, 0.25) is 0 Å². The highest BCUT2D eigenvalue weighted by atomic mass is 16.5. The van der Waals surface area contributed by atoms with Crippen LogP contribution in [0.4, 0.5) is 0 Å². The van der Waals surface area contributed by atoms with Crippen molar-refractivity contribution in [2.45, 2.75) is 6.92 Å². The molecule has 0 fully saturated rings. The fraction of sp³-hybridized carbons (Fsp3) is 0.235. The van der Waals surface area contributed by atoms with Crippen LogP contribution in [0.1, 0.15) is 17.3 Å². The molecule has 0 aliphatic rings. The third-order valence-electron chi connectivity index (χ3n) is 3.00. The van der Waals surface area contributed by atoms with Gasteiger partial charge in [0.05, 0.1) is 0 Å². The molecule has 0 bridgehead atoms. The van der Waals surface area contributed by atoms with Crippen LogP contribution in [0.15, 0.2) is 54.6 Å². The third-order valence-corrected chi connectivity index (χ3v) is 3.00. The standard InChI is InChI=1S/C17H19NO3/c1-13(12-19)11-18-17(20)14-6-5-9-16(10-14)21-15-7-3-2-4-8-15/h2-10,13,19H,11-12H2,1H3,(H,18,20). The molecule has 0 heterocycles. The fourth-order valence-corrected chi connectivity index (χ4v) is 1.76. The Hall–Kier alpha value is -2.33. The Kier molecular flexibility index (Phi) is 5.35. The Balaban J connectivity index is 2.02. The minimum absolute atomic E-state index is 0.0395. The number of nitrogens with one attached hydrogen (secondary N) is 1. The maximum absolute atomic E-state index is 12.0. The molecule has 21 heavy (non-hydrogen) atoms. The van der Waals surface area contributed by atoms with Gasteiger partial charge in [-0.25, -0.2) is 0 Å². The molecule has 0 aliphatic carbocycles. The van der Waals surface area contributed by atoms with Crippen molar-refractivity contribution >= 4 is 5.91 Å². The summed E-state index contributed by atoms with van der Waals surface area (Å²) < 4.78 is 5.70. The first kappa shape index (κ1) is 15.1. The minimum atomic E-state index is -0.172. The first-order valence-electron chi connectivity index (χ1n) is 6.91. The van der Waals surface area contributed by atoms with Crippen molar-refractivity contribution in [3.8, 4) is 11.5 Å². The van der Waals surface area contributed by atoms with Crippen LogP contribution in [0.5, 0.6) is 11.5 Å². The van der Waals surface area contributed by atoms with Crippen molar-refractivity contribution < 1.29 is 14.6 Å². The maximum atomic E-state index is 12.0. The number of hydrogen-bond donors (Lipinski definition) is 2. The number of aliphatic hydroxyl groups is 1. The lowest BCUT2D eigenvalue weighted by molar-refractivity contribution is 0.0942. The van der Waals surface area contributed by atoms with Crippen LogP contribution < -0.4 is 10.1 Å². The van der Waals surface area contributed by atoms with Gasteiger partial charge < -0.3 is 15.2 Å². The molecular weight excluding hydrogens is 266 g/mol. The average Bonchev–Trinajstić information content (AvgIpc) is 2.53. The van der Waals surface area contributed by atoms with Crippen molar-refractivity contribution in [1.82, 2.24) is 5.32 Å². The summed E-state index contributed by atoms with van der Waals surface area (Å²) in [6.45, 7) is 2.37. The molecule has 0 aromatic heterocycles. The van der Waals surface area contributed by atoms with E-state index in [1.165, 1.54) is 0 Å². The van der Waals surface area contributed by atoms with E-state index in [1.807, 2.05) is 37.3 Å². The SMILES string of the molecule is CC(CO)CNC(=O)c1cccc(Oc2ccccc2)c1. The van der Waals surface area contributed by atoms with Gasteiger partial charge in [0.15, 0.2) is 0 Å². The predicted molar refractivity (Wildman–Crippen MR) is 81.5 cm³/mol. The molecule has 2 aromatic rings.